The lowest BCUT2D eigenvalue weighted by atomic mass is 9.97. The Bertz CT molecular complexity index is 1080. The Morgan fingerprint density at radius 2 is 1.78 bits per heavy atom. The number of nitrogens with one attached hydrogen (secondary N) is 1. The molecule has 4 rings (SSSR count). The summed E-state index contributed by atoms with van der Waals surface area (Å²) in [6.45, 7) is 0.671. The van der Waals surface area contributed by atoms with Gasteiger partial charge in [-0.3, -0.25) is 4.79 Å². The fraction of sp³-hybridized carbons (Fsp3) is 0.269. The van der Waals surface area contributed by atoms with Gasteiger partial charge in [0.15, 0.2) is 0 Å². The Morgan fingerprint density at radius 1 is 1.00 bits per heavy atom. The first-order chi connectivity index (χ1) is 15.7. The zero-order chi connectivity index (χ0) is 22.2. The van der Waals surface area contributed by atoms with Crippen molar-refractivity contribution in [3.05, 3.63) is 78.1 Å². The molecule has 0 bridgehead atoms. The number of hydrogen-bond donors (Lipinski definition) is 1. The van der Waals surface area contributed by atoms with Gasteiger partial charge in [0.1, 0.15) is 17.8 Å². The van der Waals surface area contributed by atoms with Crippen molar-refractivity contribution in [3.8, 4) is 28.6 Å². The van der Waals surface area contributed by atoms with E-state index >= 15 is 0 Å². The Kier molecular flexibility index (Phi) is 7.12. The topological polar surface area (TPSA) is 73.3 Å². The van der Waals surface area contributed by atoms with E-state index in [9.17, 15) is 4.79 Å². The van der Waals surface area contributed by atoms with Crippen LogP contribution in [0.25, 0.3) is 11.3 Å². The molecule has 6 heteroatoms. The van der Waals surface area contributed by atoms with Gasteiger partial charge in [0.25, 0.3) is 5.91 Å². The summed E-state index contributed by atoms with van der Waals surface area (Å²) in [5.74, 6) is 1.81. The van der Waals surface area contributed by atoms with Crippen LogP contribution >= 0.6 is 0 Å². The fourth-order valence-electron chi connectivity index (χ4n) is 3.68. The molecule has 1 heterocycles. The third-order valence-corrected chi connectivity index (χ3v) is 5.48. The maximum absolute atomic E-state index is 12.5. The number of nitrogens with zero attached hydrogens (tertiary/aromatic N) is 2. The molecule has 0 fully saturated rings. The number of aromatic nitrogens is 2. The van der Waals surface area contributed by atoms with Gasteiger partial charge < -0.3 is 14.8 Å². The van der Waals surface area contributed by atoms with Crippen molar-refractivity contribution in [1.29, 1.82) is 0 Å². The monoisotopic (exact) mass is 429 g/mol. The van der Waals surface area contributed by atoms with E-state index in [0.29, 0.717) is 23.7 Å². The molecule has 32 heavy (non-hydrogen) atoms. The fourth-order valence-corrected chi connectivity index (χ4v) is 3.68. The van der Waals surface area contributed by atoms with E-state index in [2.05, 4.69) is 21.4 Å². The summed E-state index contributed by atoms with van der Waals surface area (Å²) >= 11 is 0. The van der Waals surface area contributed by atoms with Crippen LogP contribution in [0, 0.1) is 0 Å². The van der Waals surface area contributed by atoms with Gasteiger partial charge in [-0.05, 0) is 68.5 Å². The molecule has 0 saturated carbocycles. The summed E-state index contributed by atoms with van der Waals surface area (Å²) in [5.41, 5.74) is 3.70. The molecule has 1 amide bonds. The van der Waals surface area contributed by atoms with Gasteiger partial charge in [0.2, 0.25) is 5.88 Å². The third kappa shape index (κ3) is 5.72. The lowest BCUT2D eigenvalue weighted by Crippen LogP contribution is -2.24. The Balaban J connectivity index is 1.36. The summed E-state index contributed by atoms with van der Waals surface area (Å²) in [4.78, 5) is 21.0. The molecule has 0 unspecified atom stereocenters. The molecule has 3 aromatic rings. The number of ether oxygens (including phenoxy) is 2. The first-order valence-electron chi connectivity index (χ1n) is 10.9. The molecule has 2 aromatic carbocycles. The van der Waals surface area contributed by atoms with Gasteiger partial charge in [0.05, 0.1) is 12.8 Å². The average Bonchev–Trinajstić information content (AvgIpc) is 2.85. The van der Waals surface area contributed by atoms with Crippen molar-refractivity contribution in [3.63, 3.8) is 0 Å². The number of amides is 1. The number of hydrogen-bond acceptors (Lipinski definition) is 5. The zero-order valence-electron chi connectivity index (χ0n) is 18.2. The van der Waals surface area contributed by atoms with Crippen LogP contribution in [0.1, 0.15) is 42.5 Å². The van der Waals surface area contributed by atoms with Gasteiger partial charge in [-0.15, -0.1) is 0 Å². The molecule has 0 radical (unpaired) electrons. The minimum absolute atomic E-state index is 0.0563. The first kappa shape index (κ1) is 21.6. The highest BCUT2D eigenvalue weighted by Crippen LogP contribution is 2.25. The van der Waals surface area contributed by atoms with E-state index in [0.717, 1.165) is 29.8 Å². The summed E-state index contributed by atoms with van der Waals surface area (Å²) in [6, 6.07) is 16.5. The second kappa shape index (κ2) is 10.6. The predicted molar refractivity (Wildman–Crippen MR) is 124 cm³/mol. The molecule has 0 spiro atoms. The largest absolute Gasteiger partial charge is 0.497 e. The standard InChI is InChI=1S/C26H27N3O3/c1-31-22-11-13-23(14-12-22)32-25-17-24(28-18-29-25)20-7-9-21(10-8-20)26(30)27-16-15-19-5-3-2-4-6-19/h5,7-14,17-18H,2-4,6,15-16H2,1H3,(H,27,30). The van der Waals surface area contributed by atoms with Crippen molar-refractivity contribution in [2.45, 2.75) is 32.1 Å². The lowest BCUT2D eigenvalue weighted by molar-refractivity contribution is 0.0954. The van der Waals surface area contributed by atoms with E-state index in [-0.39, 0.29) is 5.91 Å². The number of benzene rings is 2. The molecule has 1 aromatic heterocycles. The van der Waals surface area contributed by atoms with Gasteiger partial charge >= 0.3 is 0 Å². The lowest BCUT2D eigenvalue weighted by Gasteiger charge is -2.13. The Hall–Kier alpha value is -3.67. The molecule has 1 aliphatic rings. The van der Waals surface area contributed by atoms with Crippen LogP contribution in [0.15, 0.2) is 72.6 Å². The SMILES string of the molecule is COc1ccc(Oc2cc(-c3ccc(C(=O)NCCC4=CCCCC4)cc3)ncn2)cc1. The Labute approximate surface area is 188 Å². The predicted octanol–water partition coefficient (Wildman–Crippen LogP) is 5.56. The normalized spacial score (nSPS) is 13.2. The van der Waals surface area contributed by atoms with Crippen LogP contribution in [0.3, 0.4) is 0 Å². The number of carbonyl (C=O) groups excluding carboxylic acids is 1. The summed E-state index contributed by atoms with van der Waals surface area (Å²) in [6.07, 6.45) is 9.59. The Morgan fingerprint density at radius 3 is 2.50 bits per heavy atom. The highest BCUT2D eigenvalue weighted by atomic mass is 16.5. The molecule has 1 N–H and O–H groups in total. The quantitative estimate of drug-likeness (QED) is 0.474. The number of rotatable bonds is 8. The second-order valence-electron chi connectivity index (χ2n) is 7.71. The van der Waals surface area contributed by atoms with Gasteiger partial charge in [-0.2, -0.15) is 0 Å². The zero-order valence-corrected chi connectivity index (χ0v) is 18.2. The molecule has 6 nitrogen and oxygen atoms in total. The van der Waals surface area contributed by atoms with Crippen LogP contribution in [0.5, 0.6) is 17.4 Å². The summed E-state index contributed by atoms with van der Waals surface area (Å²) < 4.78 is 11.0. The highest BCUT2D eigenvalue weighted by molar-refractivity contribution is 5.94. The van der Waals surface area contributed by atoms with E-state index in [1.54, 1.807) is 13.2 Å². The molecular formula is C26H27N3O3. The molecule has 0 aliphatic heterocycles. The average molecular weight is 430 g/mol. The molecular weight excluding hydrogens is 402 g/mol. The van der Waals surface area contributed by atoms with Crippen LogP contribution in [0.4, 0.5) is 0 Å². The van der Waals surface area contributed by atoms with Crippen molar-refractivity contribution in [1.82, 2.24) is 15.3 Å². The molecule has 0 atom stereocenters. The van der Waals surface area contributed by atoms with Crippen LogP contribution in [-0.2, 0) is 0 Å². The van der Waals surface area contributed by atoms with Crippen LogP contribution < -0.4 is 14.8 Å². The molecule has 1 aliphatic carbocycles. The number of carbonyl (C=O) groups is 1. The molecule has 0 saturated heterocycles. The van der Waals surface area contributed by atoms with Crippen molar-refractivity contribution in [2.24, 2.45) is 0 Å². The maximum Gasteiger partial charge on any atom is 0.251 e. The first-order valence-corrected chi connectivity index (χ1v) is 10.9. The van der Waals surface area contributed by atoms with Crippen molar-refractivity contribution in [2.75, 3.05) is 13.7 Å². The minimum Gasteiger partial charge on any atom is -0.497 e. The van der Waals surface area contributed by atoms with Gasteiger partial charge in [-0.25, -0.2) is 9.97 Å². The second-order valence-corrected chi connectivity index (χ2v) is 7.71. The van der Waals surface area contributed by atoms with E-state index in [1.807, 2.05) is 48.5 Å². The van der Waals surface area contributed by atoms with Crippen LogP contribution in [-0.4, -0.2) is 29.5 Å². The smallest absolute Gasteiger partial charge is 0.251 e. The minimum atomic E-state index is -0.0563. The van der Waals surface area contributed by atoms with E-state index in [1.165, 1.54) is 31.2 Å². The van der Waals surface area contributed by atoms with Gasteiger partial charge in [0, 0.05) is 23.7 Å². The highest BCUT2D eigenvalue weighted by Gasteiger charge is 2.09. The van der Waals surface area contributed by atoms with Crippen LogP contribution in [0.2, 0.25) is 0 Å². The number of methoxy groups -OCH3 is 1. The summed E-state index contributed by atoms with van der Waals surface area (Å²) in [7, 11) is 1.62. The maximum atomic E-state index is 12.5. The third-order valence-electron chi connectivity index (χ3n) is 5.48. The van der Waals surface area contributed by atoms with E-state index < -0.39 is 0 Å². The van der Waals surface area contributed by atoms with E-state index in [4.69, 9.17) is 9.47 Å². The van der Waals surface area contributed by atoms with Crippen molar-refractivity contribution >= 4 is 5.91 Å². The van der Waals surface area contributed by atoms with Crippen molar-refractivity contribution < 1.29 is 14.3 Å². The summed E-state index contributed by atoms with van der Waals surface area (Å²) in [5, 5.41) is 3.02. The van der Waals surface area contributed by atoms with Gasteiger partial charge in [-0.1, -0.05) is 23.8 Å². The molecule has 164 valence electrons. The number of allylic oxidation sites excluding steroid dienone is 1.